The van der Waals surface area contributed by atoms with Crippen molar-refractivity contribution in [3.8, 4) is 0 Å². The molecule has 2 aliphatic heterocycles. The van der Waals surface area contributed by atoms with Crippen LogP contribution in [0.2, 0.25) is 0 Å². The quantitative estimate of drug-likeness (QED) is 0.791. The lowest BCUT2D eigenvalue weighted by molar-refractivity contribution is 0.0429. The Morgan fingerprint density at radius 2 is 1.95 bits per heavy atom. The zero-order valence-electron chi connectivity index (χ0n) is 13.4. The normalized spacial score (nSPS) is 26.8. The third-order valence-electron chi connectivity index (χ3n) is 4.59. The van der Waals surface area contributed by atoms with Crippen LogP contribution in [0.25, 0.3) is 0 Å². The summed E-state index contributed by atoms with van der Waals surface area (Å²) >= 11 is 0. The molecule has 0 spiro atoms. The second-order valence-corrected chi connectivity index (χ2v) is 5.91. The van der Waals surface area contributed by atoms with Crippen molar-refractivity contribution in [1.82, 2.24) is 9.80 Å². The van der Waals surface area contributed by atoms with Gasteiger partial charge in [0.05, 0.1) is 11.4 Å². The Hall–Kier alpha value is -1.71. The molecule has 0 amide bonds. The molecule has 2 heterocycles. The number of piperazine rings is 1. The fourth-order valence-electron chi connectivity index (χ4n) is 3.42. The largest absolute Gasteiger partial charge is 0.402 e. The molecule has 0 aliphatic carbocycles. The number of fused-ring (bicyclic) bond motifs is 2. The van der Waals surface area contributed by atoms with Crippen LogP contribution in [0.1, 0.15) is 32.6 Å². The molecule has 0 saturated carbocycles. The van der Waals surface area contributed by atoms with E-state index in [1.807, 2.05) is 19.3 Å². The van der Waals surface area contributed by atoms with Crippen LogP contribution < -0.4 is 5.73 Å². The summed E-state index contributed by atoms with van der Waals surface area (Å²) in [6, 6.07) is 1.02. The van der Waals surface area contributed by atoms with Gasteiger partial charge in [0.15, 0.2) is 0 Å². The Labute approximate surface area is 128 Å². The van der Waals surface area contributed by atoms with Crippen molar-refractivity contribution in [1.29, 1.82) is 0 Å². The lowest BCUT2D eigenvalue weighted by Gasteiger charge is -2.51. The number of nitrogens with two attached hydrogens (primary N) is 1. The molecule has 4 nitrogen and oxygen atoms in total. The minimum atomic E-state index is 0.510. The van der Waals surface area contributed by atoms with Gasteiger partial charge in [-0.15, -0.1) is 0 Å². The summed E-state index contributed by atoms with van der Waals surface area (Å²) in [4.78, 5) is 9.21. The van der Waals surface area contributed by atoms with E-state index in [4.69, 9.17) is 5.73 Å². The first-order valence-electron chi connectivity index (χ1n) is 7.87. The van der Waals surface area contributed by atoms with E-state index >= 15 is 0 Å². The van der Waals surface area contributed by atoms with E-state index in [1.165, 1.54) is 19.3 Å². The van der Waals surface area contributed by atoms with Crippen LogP contribution in [-0.2, 0) is 0 Å². The predicted octanol–water partition coefficient (Wildman–Crippen LogP) is 2.51. The zero-order valence-corrected chi connectivity index (χ0v) is 13.4. The van der Waals surface area contributed by atoms with Crippen LogP contribution in [0.3, 0.4) is 0 Å². The van der Waals surface area contributed by atoms with Crippen LogP contribution >= 0.6 is 0 Å². The van der Waals surface area contributed by atoms with Gasteiger partial charge in [-0.05, 0) is 38.0 Å². The van der Waals surface area contributed by atoms with E-state index in [0.717, 1.165) is 36.6 Å². The van der Waals surface area contributed by atoms with Crippen molar-refractivity contribution < 1.29 is 0 Å². The molecule has 0 aromatic heterocycles. The molecule has 2 saturated heterocycles. The minimum absolute atomic E-state index is 0.510. The van der Waals surface area contributed by atoms with Gasteiger partial charge in [-0.2, -0.15) is 0 Å². The summed E-state index contributed by atoms with van der Waals surface area (Å²) in [5.74, 6) is 0. The summed E-state index contributed by atoms with van der Waals surface area (Å²) in [5, 5.41) is 0. The number of aliphatic imine (C=N–C) groups is 1. The Morgan fingerprint density at radius 1 is 1.33 bits per heavy atom. The van der Waals surface area contributed by atoms with Gasteiger partial charge in [-0.25, -0.2) is 0 Å². The third kappa shape index (κ3) is 3.31. The molecule has 116 valence electrons. The Balaban J connectivity index is 2.20. The van der Waals surface area contributed by atoms with Crippen LogP contribution in [0.15, 0.2) is 41.8 Å². The predicted molar refractivity (Wildman–Crippen MR) is 90.1 cm³/mol. The maximum Gasteiger partial charge on any atom is 0.0815 e. The Bertz CT molecular complexity index is 449. The number of piperidine rings is 1. The van der Waals surface area contributed by atoms with Gasteiger partial charge in [-0.3, -0.25) is 4.99 Å². The number of nitrogens with zero attached hydrogens (tertiary/aromatic N) is 3. The molecule has 2 atom stereocenters. The molecule has 0 aromatic rings. The van der Waals surface area contributed by atoms with E-state index in [1.54, 1.807) is 0 Å². The fraction of sp³-hybridized carbons (Fsp3) is 0.588. The molecular weight excluding hydrogens is 260 g/mol. The second kappa shape index (κ2) is 6.83. The van der Waals surface area contributed by atoms with E-state index in [9.17, 15) is 0 Å². The molecule has 4 heteroatoms. The van der Waals surface area contributed by atoms with Crippen molar-refractivity contribution >= 4 is 5.71 Å². The number of hydrogen-bond donors (Lipinski definition) is 1. The number of likely N-dealkylation sites (tertiary alicyclic amines) is 1. The van der Waals surface area contributed by atoms with E-state index in [2.05, 4.69) is 34.9 Å². The molecule has 21 heavy (non-hydrogen) atoms. The monoisotopic (exact) mass is 288 g/mol. The summed E-state index contributed by atoms with van der Waals surface area (Å²) in [5.41, 5.74) is 8.76. The van der Waals surface area contributed by atoms with Crippen molar-refractivity contribution in [2.24, 2.45) is 10.7 Å². The first-order chi connectivity index (χ1) is 10.1. The van der Waals surface area contributed by atoms with E-state index < -0.39 is 0 Å². The van der Waals surface area contributed by atoms with Gasteiger partial charge in [0, 0.05) is 37.9 Å². The number of hydrogen-bond acceptors (Lipinski definition) is 4. The van der Waals surface area contributed by atoms with Crippen molar-refractivity contribution in [3.63, 3.8) is 0 Å². The van der Waals surface area contributed by atoms with Crippen molar-refractivity contribution in [2.45, 2.75) is 44.7 Å². The average molecular weight is 288 g/mol. The minimum Gasteiger partial charge on any atom is -0.402 e. The average Bonchev–Trinajstić information content (AvgIpc) is 2.50. The molecule has 2 rings (SSSR count). The summed E-state index contributed by atoms with van der Waals surface area (Å²) in [7, 11) is 1.82. The van der Waals surface area contributed by atoms with Gasteiger partial charge < -0.3 is 15.5 Å². The fourth-order valence-corrected chi connectivity index (χ4v) is 3.42. The van der Waals surface area contributed by atoms with Crippen LogP contribution in [-0.4, -0.2) is 47.7 Å². The maximum atomic E-state index is 5.98. The molecule has 0 aromatic carbocycles. The van der Waals surface area contributed by atoms with Crippen molar-refractivity contribution in [2.75, 3.05) is 20.1 Å². The summed E-state index contributed by atoms with van der Waals surface area (Å²) in [6.45, 7) is 12.4. The lowest BCUT2D eigenvalue weighted by atomic mass is 9.90. The summed E-state index contributed by atoms with van der Waals surface area (Å²) < 4.78 is 0. The van der Waals surface area contributed by atoms with Gasteiger partial charge in [0.25, 0.3) is 0 Å². The Morgan fingerprint density at radius 3 is 2.43 bits per heavy atom. The second-order valence-electron chi connectivity index (χ2n) is 5.91. The van der Waals surface area contributed by atoms with Crippen LogP contribution in [0, 0.1) is 0 Å². The molecule has 2 bridgehead atoms. The smallest absolute Gasteiger partial charge is 0.0815 e. The highest BCUT2D eigenvalue weighted by Crippen LogP contribution is 2.32. The van der Waals surface area contributed by atoms with E-state index in [-0.39, 0.29) is 0 Å². The van der Waals surface area contributed by atoms with Gasteiger partial charge in [-0.1, -0.05) is 20.1 Å². The summed E-state index contributed by atoms with van der Waals surface area (Å²) in [6.07, 6.45) is 8.50. The SMILES string of the molecule is C=CN1CC2CCCC(C1)N2C(=C)C(/C=C(/N)CC)=NC. The van der Waals surface area contributed by atoms with Crippen LogP contribution in [0.5, 0.6) is 0 Å². The first kappa shape index (κ1) is 15.7. The highest BCUT2D eigenvalue weighted by molar-refractivity contribution is 6.07. The first-order valence-corrected chi connectivity index (χ1v) is 7.87. The standard InChI is InChI=1S/C17H28N4/c1-5-14(18)10-17(19-4)13(3)21-15-8-7-9-16(21)12-20(6-2)11-15/h6,10,15-16H,2-3,5,7-9,11-12,18H2,1,4H3/b14-10+,19-17?. The molecular formula is C17H28N4. The highest BCUT2D eigenvalue weighted by atomic mass is 15.3. The Kier molecular flexibility index (Phi) is 5.10. The lowest BCUT2D eigenvalue weighted by Crippen LogP contribution is -2.59. The number of rotatable bonds is 5. The molecule has 2 N–H and O–H groups in total. The van der Waals surface area contributed by atoms with Crippen LogP contribution in [0.4, 0.5) is 0 Å². The van der Waals surface area contributed by atoms with Crippen molar-refractivity contribution in [3.05, 3.63) is 36.8 Å². The molecule has 2 fully saturated rings. The van der Waals surface area contributed by atoms with Gasteiger partial charge >= 0.3 is 0 Å². The highest BCUT2D eigenvalue weighted by Gasteiger charge is 2.37. The number of allylic oxidation sites excluding steroid dienone is 2. The molecule has 2 unspecified atom stereocenters. The molecule has 2 aliphatic rings. The van der Waals surface area contributed by atoms with Gasteiger partial charge in [0.1, 0.15) is 0 Å². The van der Waals surface area contributed by atoms with Gasteiger partial charge in [0.2, 0.25) is 0 Å². The maximum absolute atomic E-state index is 5.98. The topological polar surface area (TPSA) is 44.9 Å². The molecule has 0 radical (unpaired) electrons. The zero-order chi connectivity index (χ0) is 15.4. The third-order valence-corrected chi connectivity index (χ3v) is 4.59. The van der Waals surface area contributed by atoms with E-state index in [0.29, 0.717) is 12.1 Å².